The minimum absolute atomic E-state index is 0. The number of carbonyl (C=O) groups excluding carboxylic acids is 1. The molecule has 1 aliphatic rings. The van der Waals surface area contributed by atoms with E-state index in [1.54, 1.807) is 23.2 Å². The van der Waals surface area contributed by atoms with Crippen molar-refractivity contribution < 1.29 is 4.79 Å². The Bertz CT molecular complexity index is 1080. The lowest BCUT2D eigenvalue weighted by Gasteiger charge is -2.36. The molecule has 6 nitrogen and oxygen atoms in total. The predicted molar refractivity (Wildman–Crippen MR) is 112 cm³/mol. The predicted octanol–water partition coefficient (Wildman–Crippen LogP) is 2.86. The van der Waals surface area contributed by atoms with Crippen LogP contribution in [0.1, 0.15) is 27.5 Å². The third kappa shape index (κ3) is 3.76. The average molecular weight is 419 g/mol. The van der Waals surface area contributed by atoms with Gasteiger partial charge >= 0.3 is 0 Å². The Morgan fingerprint density at radius 1 is 1.29 bits per heavy atom. The van der Waals surface area contributed by atoms with Crippen LogP contribution in [0.3, 0.4) is 0 Å². The minimum atomic E-state index is -0.350. The zero-order chi connectivity index (χ0) is 19.0. The van der Waals surface area contributed by atoms with E-state index in [1.165, 1.54) is 10.6 Å². The highest BCUT2D eigenvalue weighted by Crippen LogP contribution is 2.25. The lowest BCUT2D eigenvalue weighted by molar-refractivity contribution is 0.0632. The molecule has 1 fully saturated rings. The number of amides is 1. The average Bonchev–Trinajstić information content (AvgIpc) is 2.68. The fourth-order valence-corrected chi connectivity index (χ4v) is 3.64. The van der Waals surface area contributed by atoms with Crippen LogP contribution >= 0.6 is 24.0 Å². The van der Waals surface area contributed by atoms with Crippen LogP contribution in [0.4, 0.5) is 0 Å². The summed E-state index contributed by atoms with van der Waals surface area (Å²) in [6, 6.07) is 10.9. The maximum absolute atomic E-state index is 13.2. The van der Waals surface area contributed by atoms with Crippen molar-refractivity contribution in [3.63, 3.8) is 0 Å². The molecule has 0 bridgehead atoms. The van der Waals surface area contributed by atoms with Gasteiger partial charge in [0.2, 0.25) is 0 Å². The number of pyridine rings is 1. The molecule has 28 heavy (non-hydrogen) atoms. The van der Waals surface area contributed by atoms with Crippen LogP contribution < -0.4 is 10.9 Å². The van der Waals surface area contributed by atoms with Crippen molar-refractivity contribution in [2.75, 3.05) is 19.6 Å². The highest BCUT2D eigenvalue weighted by molar-refractivity contribution is 6.30. The second-order valence-electron chi connectivity index (χ2n) is 6.69. The van der Waals surface area contributed by atoms with E-state index >= 15 is 0 Å². The van der Waals surface area contributed by atoms with Crippen molar-refractivity contribution in [1.29, 1.82) is 0 Å². The summed E-state index contributed by atoms with van der Waals surface area (Å²) in [5, 5.41) is 3.92. The van der Waals surface area contributed by atoms with Crippen LogP contribution in [0.5, 0.6) is 0 Å². The van der Waals surface area contributed by atoms with Gasteiger partial charge in [0, 0.05) is 37.1 Å². The Morgan fingerprint density at radius 2 is 2.11 bits per heavy atom. The third-order valence-corrected chi connectivity index (χ3v) is 5.05. The van der Waals surface area contributed by atoms with Crippen molar-refractivity contribution >= 4 is 35.6 Å². The Morgan fingerprint density at radius 3 is 2.89 bits per heavy atom. The number of benzene rings is 1. The van der Waals surface area contributed by atoms with Gasteiger partial charge in [0.25, 0.3) is 11.5 Å². The third-order valence-electron chi connectivity index (χ3n) is 4.82. The Balaban J connectivity index is 0.00000225. The Labute approximate surface area is 173 Å². The monoisotopic (exact) mass is 418 g/mol. The molecule has 0 spiro atoms. The quantitative estimate of drug-likeness (QED) is 0.694. The van der Waals surface area contributed by atoms with Gasteiger partial charge in [0.1, 0.15) is 11.2 Å². The number of aryl methyl sites for hydroxylation is 1. The van der Waals surface area contributed by atoms with E-state index in [0.717, 1.165) is 11.1 Å². The van der Waals surface area contributed by atoms with Crippen LogP contribution in [0, 0.1) is 6.92 Å². The van der Waals surface area contributed by atoms with Crippen LogP contribution in [0.15, 0.2) is 53.6 Å². The number of nitrogens with one attached hydrogen (secondary N) is 1. The molecule has 3 heterocycles. The molecule has 1 aliphatic heterocycles. The lowest BCUT2D eigenvalue weighted by Crippen LogP contribution is -2.49. The lowest BCUT2D eigenvalue weighted by atomic mass is 10.0. The molecule has 0 radical (unpaired) electrons. The normalized spacial score (nSPS) is 16.6. The topological polar surface area (TPSA) is 66.7 Å². The van der Waals surface area contributed by atoms with E-state index in [1.807, 2.05) is 31.2 Å². The van der Waals surface area contributed by atoms with Gasteiger partial charge in [-0.2, -0.15) is 0 Å². The zero-order valence-electron chi connectivity index (χ0n) is 15.3. The molecule has 1 amide bonds. The molecule has 3 aromatic rings. The van der Waals surface area contributed by atoms with Crippen molar-refractivity contribution in [3.8, 4) is 0 Å². The molecule has 4 rings (SSSR count). The summed E-state index contributed by atoms with van der Waals surface area (Å²) in [6.45, 7) is 3.68. The Kier molecular flexibility index (Phi) is 6.03. The second-order valence-corrected chi connectivity index (χ2v) is 7.12. The molecular weight excluding hydrogens is 399 g/mol. The molecule has 2 aromatic heterocycles. The molecule has 1 aromatic carbocycles. The maximum atomic E-state index is 13.2. The molecule has 1 N–H and O–H groups in total. The molecule has 0 saturated carbocycles. The van der Waals surface area contributed by atoms with Gasteiger partial charge in [-0.3, -0.25) is 14.0 Å². The first-order valence-electron chi connectivity index (χ1n) is 8.80. The fourth-order valence-electron chi connectivity index (χ4n) is 3.44. The number of hydrogen-bond donors (Lipinski definition) is 1. The van der Waals surface area contributed by atoms with E-state index < -0.39 is 0 Å². The van der Waals surface area contributed by atoms with Crippen molar-refractivity contribution in [2.45, 2.75) is 13.0 Å². The van der Waals surface area contributed by atoms with Gasteiger partial charge in [0.15, 0.2) is 0 Å². The van der Waals surface area contributed by atoms with E-state index in [2.05, 4.69) is 10.3 Å². The second kappa shape index (κ2) is 8.31. The van der Waals surface area contributed by atoms with Crippen LogP contribution in [0.2, 0.25) is 5.02 Å². The van der Waals surface area contributed by atoms with Crippen LogP contribution in [-0.2, 0) is 0 Å². The summed E-state index contributed by atoms with van der Waals surface area (Å²) in [6.07, 6.45) is 3.08. The van der Waals surface area contributed by atoms with Gasteiger partial charge in [0.05, 0.1) is 6.04 Å². The molecule has 0 aliphatic carbocycles. The summed E-state index contributed by atoms with van der Waals surface area (Å²) in [4.78, 5) is 32.1. The van der Waals surface area contributed by atoms with Crippen molar-refractivity contribution in [1.82, 2.24) is 19.6 Å². The SMILES string of the molecule is Cc1ccc2ncc(C(=O)N3CCNCC3c3cccc(Cl)c3)c(=O)n2c1.Cl. The largest absolute Gasteiger partial charge is 0.329 e. The summed E-state index contributed by atoms with van der Waals surface area (Å²) in [5.41, 5.74) is 2.11. The standard InChI is InChI=1S/C20H19ClN4O2.ClH/c1-13-5-6-18-23-10-16(20(27)25(18)12-13)19(26)24-8-7-22-11-17(24)14-3-2-4-15(21)9-14;/h2-6,9-10,12,17,22H,7-8,11H2,1H3;1H. The maximum Gasteiger partial charge on any atom is 0.270 e. The highest BCUT2D eigenvalue weighted by atomic mass is 35.5. The van der Waals surface area contributed by atoms with Gasteiger partial charge in [-0.1, -0.05) is 29.8 Å². The number of rotatable bonds is 2. The summed E-state index contributed by atoms with van der Waals surface area (Å²) in [7, 11) is 0. The van der Waals surface area contributed by atoms with E-state index in [0.29, 0.717) is 30.3 Å². The number of nitrogens with zero attached hydrogens (tertiary/aromatic N) is 3. The van der Waals surface area contributed by atoms with Gasteiger partial charge in [-0.15, -0.1) is 12.4 Å². The molecule has 1 saturated heterocycles. The minimum Gasteiger partial charge on any atom is -0.329 e. The first kappa shape index (κ1) is 20.3. The molecule has 1 atom stereocenters. The number of halogens is 2. The molecule has 1 unspecified atom stereocenters. The molecular formula is C20H20Cl2N4O2. The first-order valence-corrected chi connectivity index (χ1v) is 9.17. The van der Waals surface area contributed by atoms with Crippen molar-refractivity contribution in [3.05, 3.63) is 80.9 Å². The van der Waals surface area contributed by atoms with Crippen molar-refractivity contribution in [2.24, 2.45) is 0 Å². The van der Waals surface area contributed by atoms with Crippen LogP contribution in [-0.4, -0.2) is 39.8 Å². The molecule has 8 heteroatoms. The molecule has 146 valence electrons. The smallest absolute Gasteiger partial charge is 0.270 e. The number of hydrogen-bond acceptors (Lipinski definition) is 4. The number of carbonyl (C=O) groups is 1. The summed E-state index contributed by atoms with van der Waals surface area (Å²) >= 11 is 6.13. The van der Waals surface area contributed by atoms with E-state index in [4.69, 9.17) is 11.6 Å². The number of aromatic nitrogens is 2. The van der Waals surface area contributed by atoms with Crippen LogP contribution in [0.25, 0.3) is 5.65 Å². The zero-order valence-corrected chi connectivity index (χ0v) is 16.8. The Hall–Kier alpha value is -2.41. The summed E-state index contributed by atoms with van der Waals surface area (Å²) in [5.74, 6) is -0.310. The first-order chi connectivity index (χ1) is 13.0. The van der Waals surface area contributed by atoms with Gasteiger partial charge in [-0.25, -0.2) is 4.98 Å². The summed E-state index contributed by atoms with van der Waals surface area (Å²) < 4.78 is 1.43. The number of fused-ring (bicyclic) bond motifs is 1. The fraction of sp³-hybridized carbons (Fsp3) is 0.250. The van der Waals surface area contributed by atoms with Gasteiger partial charge < -0.3 is 10.2 Å². The van der Waals surface area contributed by atoms with Gasteiger partial charge in [-0.05, 0) is 36.2 Å². The highest BCUT2D eigenvalue weighted by Gasteiger charge is 2.30. The van der Waals surface area contributed by atoms with E-state index in [9.17, 15) is 9.59 Å². The van der Waals surface area contributed by atoms with E-state index in [-0.39, 0.29) is 35.5 Å². The number of piperazine rings is 1.